The van der Waals surface area contributed by atoms with Gasteiger partial charge in [-0.2, -0.15) is 0 Å². The first-order valence-corrected chi connectivity index (χ1v) is 16.1. The minimum absolute atomic E-state index is 0.103. The summed E-state index contributed by atoms with van der Waals surface area (Å²) < 4.78 is 27.7. The SMILES string of the molecule is CCCCNC(=O)C(Cc1ccccc1)N(Cc1ccc(Cl)cc1)C(=O)CN(c1ccc(Br)c(C)c1)S(C)(=O)=O. The number of unbranched alkanes of at least 4 members (excludes halogenated alkanes) is 1. The maximum Gasteiger partial charge on any atom is 0.244 e. The summed E-state index contributed by atoms with van der Waals surface area (Å²) >= 11 is 9.53. The Morgan fingerprint density at radius 3 is 2.27 bits per heavy atom. The second-order valence-corrected chi connectivity index (χ2v) is 12.9. The first kappa shape index (κ1) is 31.6. The van der Waals surface area contributed by atoms with Gasteiger partial charge >= 0.3 is 0 Å². The summed E-state index contributed by atoms with van der Waals surface area (Å²) in [6, 6.07) is 20.7. The molecule has 3 aromatic rings. The Hall–Kier alpha value is -2.88. The normalized spacial score (nSPS) is 12.0. The molecule has 0 fully saturated rings. The van der Waals surface area contributed by atoms with Gasteiger partial charge in [0.1, 0.15) is 12.6 Å². The highest BCUT2D eigenvalue weighted by Crippen LogP contribution is 2.25. The number of nitrogens with one attached hydrogen (secondary N) is 1. The molecule has 0 radical (unpaired) electrons. The van der Waals surface area contributed by atoms with E-state index in [1.165, 1.54) is 4.90 Å². The van der Waals surface area contributed by atoms with Crippen molar-refractivity contribution in [1.82, 2.24) is 10.2 Å². The topological polar surface area (TPSA) is 86.8 Å². The predicted octanol–water partition coefficient (Wildman–Crippen LogP) is 5.73. The molecule has 0 spiro atoms. The molecule has 0 aliphatic heterocycles. The highest BCUT2D eigenvalue weighted by Gasteiger charge is 2.33. The van der Waals surface area contributed by atoms with Crippen LogP contribution in [-0.4, -0.2) is 50.5 Å². The largest absolute Gasteiger partial charge is 0.354 e. The van der Waals surface area contributed by atoms with Crippen LogP contribution in [0.2, 0.25) is 5.02 Å². The fraction of sp³-hybridized carbons (Fsp3) is 0.333. The zero-order valence-corrected chi connectivity index (χ0v) is 26.1. The molecule has 0 aliphatic rings. The molecule has 10 heteroatoms. The molecule has 3 aromatic carbocycles. The van der Waals surface area contributed by atoms with E-state index in [0.29, 0.717) is 17.3 Å². The molecule has 0 aliphatic carbocycles. The molecule has 0 saturated heterocycles. The molecule has 0 heterocycles. The van der Waals surface area contributed by atoms with Crippen molar-refractivity contribution in [3.63, 3.8) is 0 Å². The molecule has 7 nitrogen and oxygen atoms in total. The summed E-state index contributed by atoms with van der Waals surface area (Å²) in [4.78, 5) is 29.1. The average molecular weight is 649 g/mol. The van der Waals surface area contributed by atoms with Gasteiger partial charge in [0, 0.05) is 29.0 Å². The second kappa shape index (κ2) is 14.7. The van der Waals surface area contributed by atoms with Gasteiger partial charge in [-0.05, 0) is 60.4 Å². The van der Waals surface area contributed by atoms with E-state index < -0.39 is 28.5 Å². The summed E-state index contributed by atoms with van der Waals surface area (Å²) in [5.41, 5.74) is 2.85. The molecule has 214 valence electrons. The molecule has 1 atom stereocenters. The minimum atomic E-state index is -3.82. The van der Waals surface area contributed by atoms with Crippen molar-refractivity contribution >= 4 is 55.1 Å². The van der Waals surface area contributed by atoms with Gasteiger partial charge in [-0.1, -0.05) is 83.3 Å². The van der Waals surface area contributed by atoms with Crippen LogP contribution >= 0.6 is 27.5 Å². The number of aryl methyl sites for hydroxylation is 1. The number of nitrogens with zero attached hydrogens (tertiary/aromatic N) is 2. The van der Waals surface area contributed by atoms with Gasteiger partial charge in [-0.25, -0.2) is 8.42 Å². The number of carbonyl (C=O) groups is 2. The third kappa shape index (κ3) is 9.08. The van der Waals surface area contributed by atoms with E-state index in [1.807, 2.05) is 44.2 Å². The number of benzene rings is 3. The molecule has 2 amide bonds. The molecule has 0 aromatic heterocycles. The molecule has 1 unspecified atom stereocenters. The Morgan fingerprint density at radius 1 is 1.00 bits per heavy atom. The van der Waals surface area contributed by atoms with Crippen LogP contribution in [-0.2, 0) is 32.6 Å². The highest BCUT2D eigenvalue weighted by atomic mass is 79.9. The minimum Gasteiger partial charge on any atom is -0.354 e. The monoisotopic (exact) mass is 647 g/mol. The first-order valence-electron chi connectivity index (χ1n) is 13.1. The number of hydrogen-bond acceptors (Lipinski definition) is 4. The zero-order chi connectivity index (χ0) is 29.3. The summed E-state index contributed by atoms with van der Waals surface area (Å²) in [6.45, 7) is 4.01. The number of anilines is 1. The number of hydrogen-bond donors (Lipinski definition) is 1. The van der Waals surface area contributed by atoms with Crippen LogP contribution in [0.25, 0.3) is 0 Å². The van der Waals surface area contributed by atoms with Crippen LogP contribution < -0.4 is 9.62 Å². The van der Waals surface area contributed by atoms with Crippen LogP contribution in [0.15, 0.2) is 77.3 Å². The number of carbonyl (C=O) groups excluding carboxylic acids is 2. The summed E-state index contributed by atoms with van der Waals surface area (Å²) in [7, 11) is -3.82. The van der Waals surface area contributed by atoms with Crippen molar-refractivity contribution in [3.8, 4) is 0 Å². The van der Waals surface area contributed by atoms with E-state index in [-0.39, 0.29) is 18.9 Å². The van der Waals surface area contributed by atoms with Crippen LogP contribution in [0.4, 0.5) is 5.69 Å². The predicted molar refractivity (Wildman–Crippen MR) is 165 cm³/mol. The summed E-state index contributed by atoms with van der Waals surface area (Å²) in [5, 5.41) is 3.52. The number of amides is 2. The third-order valence-electron chi connectivity index (χ3n) is 6.48. The maximum atomic E-state index is 14.1. The number of halogens is 2. The molecular weight excluding hydrogens is 614 g/mol. The Bertz CT molecular complexity index is 1400. The number of rotatable bonds is 13. The van der Waals surface area contributed by atoms with Crippen molar-refractivity contribution < 1.29 is 18.0 Å². The summed E-state index contributed by atoms with van der Waals surface area (Å²) in [6.07, 6.45) is 3.06. The quantitative estimate of drug-likeness (QED) is 0.240. The van der Waals surface area contributed by atoms with Gasteiger partial charge in [0.25, 0.3) is 0 Å². The van der Waals surface area contributed by atoms with E-state index in [9.17, 15) is 18.0 Å². The molecule has 3 rings (SSSR count). The number of sulfonamides is 1. The smallest absolute Gasteiger partial charge is 0.244 e. The van der Waals surface area contributed by atoms with Crippen molar-refractivity contribution in [2.24, 2.45) is 0 Å². The lowest BCUT2D eigenvalue weighted by atomic mass is 10.0. The van der Waals surface area contributed by atoms with Crippen molar-refractivity contribution in [1.29, 1.82) is 0 Å². The molecule has 1 N–H and O–H groups in total. The zero-order valence-electron chi connectivity index (χ0n) is 22.9. The lowest BCUT2D eigenvalue weighted by Crippen LogP contribution is -2.53. The van der Waals surface area contributed by atoms with Crippen molar-refractivity contribution in [3.05, 3.63) is 99.0 Å². The van der Waals surface area contributed by atoms with E-state index in [2.05, 4.69) is 21.2 Å². The standard InChI is InChI=1S/C30H35BrClN3O4S/c1-4-5-17-33-30(37)28(19-23-9-7-6-8-10-23)34(20-24-11-13-25(32)14-12-24)29(36)21-35(40(3,38)39)26-15-16-27(31)22(2)18-26/h6-16,18,28H,4-5,17,19-21H2,1-3H3,(H,33,37). The fourth-order valence-electron chi connectivity index (χ4n) is 4.24. The Morgan fingerprint density at radius 2 is 1.68 bits per heavy atom. The lowest BCUT2D eigenvalue weighted by Gasteiger charge is -2.33. The van der Waals surface area contributed by atoms with Gasteiger partial charge in [0.2, 0.25) is 21.8 Å². The van der Waals surface area contributed by atoms with Gasteiger partial charge in [-0.3, -0.25) is 13.9 Å². The lowest BCUT2D eigenvalue weighted by molar-refractivity contribution is -0.140. The Kier molecular flexibility index (Phi) is 11.6. The van der Waals surface area contributed by atoms with Crippen LogP contribution in [0, 0.1) is 6.92 Å². The van der Waals surface area contributed by atoms with Gasteiger partial charge < -0.3 is 10.2 Å². The molecule has 40 heavy (non-hydrogen) atoms. The van der Waals surface area contributed by atoms with E-state index in [1.54, 1.807) is 42.5 Å². The van der Waals surface area contributed by atoms with E-state index in [0.717, 1.165) is 44.6 Å². The second-order valence-electron chi connectivity index (χ2n) is 9.70. The molecule has 0 saturated carbocycles. The summed E-state index contributed by atoms with van der Waals surface area (Å²) in [5.74, 6) is -0.780. The van der Waals surface area contributed by atoms with E-state index >= 15 is 0 Å². The molecule has 0 bridgehead atoms. The Balaban J connectivity index is 2.03. The van der Waals surface area contributed by atoms with Crippen LogP contribution in [0.1, 0.15) is 36.5 Å². The van der Waals surface area contributed by atoms with Gasteiger partial charge in [0.15, 0.2) is 0 Å². The van der Waals surface area contributed by atoms with Crippen LogP contribution in [0.5, 0.6) is 0 Å². The highest BCUT2D eigenvalue weighted by molar-refractivity contribution is 9.10. The van der Waals surface area contributed by atoms with Gasteiger partial charge in [0.05, 0.1) is 11.9 Å². The average Bonchev–Trinajstić information content (AvgIpc) is 2.92. The van der Waals surface area contributed by atoms with Crippen molar-refractivity contribution in [2.75, 3.05) is 23.7 Å². The van der Waals surface area contributed by atoms with Crippen molar-refractivity contribution in [2.45, 2.75) is 45.7 Å². The maximum absolute atomic E-state index is 14.1. The third-order valence-corrected chi connectivity index (χ3v) is 8.76. The van der Waals surface area contributed by atoms with Crippen LogP contribution in [0.3, 0.4) is 0 Å². The van der Waals surface area contributed by atoms with Gasteiger partial charge in [-0.15, -0.1) is 0 Å². The molecular formula is C30H35BrClN3O4S. The van der Waals surface area contributed by atoms with E-state index in [4.69, 9.17) is 11.6 Å². The first-order chi connectivity index (χ1) is 19.0. The fourth-order valence-corrected chi connectivity index (χ4v) is 5.46. The Labute approximate surface area is 250 Å².